The Kier molecular flexibility index (Phi) is 1.58. The summed E-state index contributed by atoms with van der Waals surface area (Å²) in [6.45, 7) is 6.12. The predicted molar refractivity (Wildman–Crippen MR) is 52.9 cm³/mol. The lowest BCUT2D eigenvalue weighted by molar-refractivity contribution is 1.30. The van der Waals surface area contributed by atoms with Crippen molar-refractivity contribution in [3.8, 4) is 0 Å². The molecule has 0 amide bonds. The highest BCUT2D eigenvalue weighted by atomic mass is 14.8. The molecule has 0 atom stereocenters. The number of allylic oxidation sites excluding steroid dienone is 1. The summed E-state index contributed by atoms with van der Waals surface area (Å²) >= 11 is 0. The second-order valence-electron chi connectivity index (χ2n) is 2.91. The van der Waals surface area contributed by atoms with Gasteiger partial charge in [0, 0.05) is 11.3 Å². The fraction of sp³-hybridized carbons (Fsp3) is 0.182. The van der Waals surface area contributed by atoms with Crippen LogP contribution in [-0.4, -0.2) is 5.71 Å². The zero-order chi connectivity index (χ0) is 8.55. The van der Waals surface area contributed by atoms with Gasteiger partial charge in [-0.15, -0.1) is 0 Å². The summed E-state index contributed by atoms with van der Waals surface area (Å²) in [5.74, 6) is 0. The number of para-hydroxylation sites is 1. The third kappa shape index (κ3) is 0.900. The van der Waals surface area contributed by atoms with Crippen LogP contribution in [0.3, 0.4) is 0 Å². The van der Waals surface area contributed by atoms with E-state index in [1.165, 1.54) is 5.56 Å². The van der Waals surface area contributed by atoms with E-state index in [1.807, 2.05) is 18.2 Å². The summed E-state index contributed by atoms with van der Waals surface area (Å²) in [6.07, 6.45) is 0.966. The largest absolute Gasteiger partial charge is 0.252 e. The van der Waals surface area contributed by atoms with Gasteiger partial charge in [-0.2, -0.15) is 0 Å². The van der Waals surface area contributed by atoms with Gasteiger partial charge in [-0.25, -0.2) is 0 Å². The Balaban J connectivity index is 2.54. The van der Waals surface area contributed by atoms with Crippen LogP contribution in [0, 0.1) is 0 Å². The molecule has 1 nitrogen and oxygen atoms in total. The van der Waals surface area contributed by atoms with E-state index in [0.717, 1.165) is 23.4 Å². The Hall–Kier alpha value is -1.37. The number of aliphatic imine (C=N–C) groups is 1. The molecule has 0 fully saturated rings. The third-order valence-electron chi connectivity index (χ3n) is 2.17. The van der Waals surface area contributed by atoms with E-state index in [4.69, 9.17) is 0 Å². The zero-order valence-corrected chi connectivity index (χ0v) is 7.17. The molecule has 0 saturated carbocycles. The van der Waals surface area contributed by atoms with Crippen molar-refractivity contribution in [3.63, 3.8) is 0 Å². The summed E-state index contributed by atoms with van der Waals surface area (Å²) < 4.78 is 0. The quantitative estimate of drug-likeness (QED) is 0.593. The maximum atomic E-state index is 4.47. The Bertz CT molecular complexity index is 361. The van der Waals surface area contributed by atoms with Gasteiger partial charge in [-0.05, 0) is 18.1 Å². The summed E-state index contributed by atoms with van der Waals surface area (Å²) in [7, 11) is 0. The van der Waals surface area contributed by atoms with Crippen LogP contribution in [0.25, 0.3) is 5.57 Å². The Morgan fingerprint density at radius 1 is 1.33 bits per heavy atom. The number of rotatable bonds is 1. The van der Waals surface area contributed by atoms with Gasteiger partial charge in [0.2, 0.25) is 0 Å². The van der Waals surface area contributed by atoms with Crippen LogP contribution in [0.15, 0.2) is 35.8 Å². The molecule has 1 aromatic carbocycles. The minimum absolute atomic E-state index is 0.966. The minimum atomic E-state index is 0.966. The smallest absolute Gasteiger partial charge is 0.0712 e. The van der Waals surface area contributed by atoms with Crippen molar-refractivity contribution in [2.45, 2.75) is 13.3 Å². The normalized spacial score (nSPS) is 14.4. The molecule has 0 unspecified atom stereocenters. The first-order valence-corrected chi connectivity index (χ1v) is 4.19. The predicted octanol–water partition coefficient (Wildman–Crippen LogP) is 3.20. The monoisotopic (exact) mass is 157 g/mol. The highest BCUT2D eigenvalue weighted by molar-refractivity contribution is 6.28. The molecular weight excluding hydrogens is 146 g/mol. The van der Waals surface area contributed by atoms with Crippen molar-refractivity contribution < 1.29 is 0 Å². The fourth-order valence-corrected chi connectivity index (χ4v) is 1.49. The number of nitrogens with zero attached hydrogens (tertiary/aromatic N) is 1. The Morgan fingerprint density at radius 2 is 2.08 bits per heavy atom. The van der Waals surface area contributed by atoms with Gasteiger partial charge >= 0.3 is 0 Å². The van der Waals surface area contributed by atoms with Crippen LogP contribution in [0.1, 0.15) is 18.9 Å². The Labute approximate surface area is 72.5 Å². The maximum absolute atomic E-state index is 4.47. The molecular formula is C11H11N. The van der Waals surface area contributed by atoms with Gasteiger partial charge in [-0.3, -0.25) is 4.99 Å². The van der Waals surface area contributed by atoms with Gasteiger partial charge < -0.3 is 0 Å². The van der Waals surface area contributed by atoms with Crippen molar-refractivity contribution in [3.05, 3.63) is 36.4 Å². The highest BCUT2D eigenvalue weighted by Gasteiger charge is 2.15. The molecule has 0 N–H and O–H groups in total. The number of fused-ring (bicyclic) bond motifs is 1. The molecule has 12 heavy (non-hydrogen) atoms. The van der Waals surface area contributed by atoms with Crippen LogP contribution >= 0.6 is 0 Å². The molecule has 2 rings (SSSR count). The molecule has 0 aliphatic carbocycles. The first kappa shape index (κ1) is 7.29. The SMILES string of the molecule is C=C1C(CC)=Nc2ccccc21. The van der Waals surface area contributed by atoms with Crippen molar-refractivity contribution in [1.82, 2.24) is 0 Å². The van der Waals surface area contributed by atoms with E-state index >= 15 is 0 Å². The number of benzene rings is 1. The van der Waals surface area contributed by atoms with E-state index in [9.17, 15) is 0 Å². The molecule has 1 heteroatoms. The third-order valence-corrected chi connectivity index (χ3v) is 2.17. The molecule has 0 bridgehead atoms. The van der Waals surface area contributed by atoms with Crippen LogP contribution in [-0.2, 0) is 0 Å². The highest BCUT2D eigenvalue weighted by Crippen LogP contribution is 2.33. The first-order valence-electron chi connectivity index (χ1n) is 4.19. The van der Waals surface area contributed by atoms with Crippen molar-refractivity contribution in [2.75, 3.05) is 0 Å². The summed E-state index contributed by atoms with van der Waals surface area (Å²) in [5.41, 5.74) is 4.47. The lowest BCUT2D eigenvalue weighted by Gasteiger charge is -1.97. The molecule has 1 aliphatic heterocycles. The molecule has 1 aromatic rings. The van der Waals surface area contributed by atoms with Gasteiger partial charge in [0.25, 0.3) is 0 Å². The molecule has 0 aromatic heterocycles. The lowest BCUT2D eigenvalue weighted by atomic mass is 10.0. The second kappa shape index (κ2) is 2.59. The average Bonchev–Trinajstić information content (AvgIpc) is 2.44. The zero-order valence-electron chi connectivity index (χ0n) is 7.17. The van der Waals surface area contributed by atoms with E-state index in [-0.39, 0.29) is 0 Å². The van der Waals surface area contributed by atoms with Crippen LogP contribution in [0.2, 0.25) is 0 Å². The fourth-order valence-electron chi connectivity index (χ4n) is 1.49. The first-order chi connectivity index (χ1) is 5.83. The molecule has 0 saturated heterocycles. The molecule has 0 spiro atoms. The number of hydrogen-bond acceptors (Lipinski definition) is 1. The van der Waals surface area contributed by atoms with Crippen molar-refractivity contribution in [2.24, 2.45) is 4.99 Å². The maximum Gasteiger partial charge on any atom is 0.0712 e. The van der Waals surface area contributed by atoms with Crippen LogP contribution < -0.4 is 0 Å². The van der Waals surface area contributed by atoms with E-state index in [0.29, 0.717) is 0 Å². The van der Waals surface area contributed by atoms with Gasteiger partial charge in [-0.1, -0.05) is 31.7 Å². The van der Waals surface area contributed by atoms with Crippen molar-refractivity contribution >= 4 is 17.0 Å². The summed E-state index contributed by atoms with van der Waals surface area (Å²) in [6, 6.07) is 8.14. The molecule has 0 radical (unpaired) electrons. The van der Waals surface area contributed by atoms with E-state index in [2.05, 4.69) is 24.6 Å². The average molecular weight is 157 g/mol. The Morgan fingerprint density at radius 3 is 2.75 bits per heavy atom. The standard InChI is InChI=1S/C11H11N/c1-3-10-8(2)9-6-4-5-7-11(9)12-10/h4-7H,2-3H2,1H3. The topological polar surface area (TPSA) is 12.4 Å². The van der Waals surface area contributed by atoms with Gasteiger partial charge in [0.05, 0.1) is 5.69 Å². The minimum Gasteiger partial charge on any atom is -0.252 e. The van der Waals surface area contributed by atoms with Gasteiger partial charge in [0.1, 0.15) is 0 Å². The lowest BCUT2D eigenvalue weighted by Crippen LogP contribution is -1.91. The second-order valence-corrected chi connectivity index (χ2v) is 2.91. The van der Waals surface area contributed by atoms with E-state index < -0.39 is 0 Å². The van der Waals surface area contributed by atoms with Crippen molar-refractivity contribution in [1.29, 1.82) is 0 Å². The molecule has 1 aliphatic rings. The summed E-state index contributed by atoms with van der Waals surface area (Å²) in [5, 5.41) is 0. The number of hydrogen-bond donors (Lipinski definition) is 0. The summed E-state index contributed by atoms with van der Waals surface area (Å²) in [4.78, 5) is 4.47. The van der Waals surface area contributed by atoms with Gasteiger partial charge in [0.15, 0.2) is 0 Å². The molecule has 60 valence electrons. The van der Waals surface area contributed by atoms with Crippen LogP contribution in [0.4, 0.5) is 5.69 Å². The molecule has 1 heterocycles. The van der Waals surface area contributed by atoms with Crippen LogP contribution in [0.5, 0.6) is 0 Å². The van der Waals surface area contributed by atoms with E-state index in [1.54, 1.807) is 0 Å².